The summed E-state index contributed by atoms with van der Waals surface area (Å²) in [6.07, 6.45) is 0. The Morgan fingerprint density at radius 3 is 2.14 bits per heavy atom. The molecule has 7 heteroatoms. The van der Waals surface area contributed by atoms with Gasteiger partial charge in [0.05, 0.1) is 0 Å². The molecule has 0 aliphatic heterocycles. The summed E-state index contributed by atoms with van der Waals surface area (Å²) in [5.74, 6) is 4.30. The third kappa shape index (κ3) is 5.79. The number of hydrazine groups is 1. The molecule has 0 aromatic rings. The van der Waals surface area contributed by atoms with E-state index in [-0.39, 0.29) is 0 Å². The van der Waals surface area contributed by atoms with E-state index in [0.717, 1.165) is 0 Å². The number of nitrogens with two attached hydrogens (primary N) is 1. The highest BCUT2D eigenvalue weighted by Gasteiger charge is 1.98. The molecule has 0 saturated heterocycles. The monoisotopic (exact) mass is 128 g/mol. The zero-order valence-corrected chi connectivity index (χ0v) is 3.97. The van der Waals surface area contributed by atoms with Crippen molar-refractivity contribution in [1.29, 1.82) is 0 Å². The maximum absolute atomic E-state index is 9.42. The summed E-state index contributed by atoms with van der Waals surface area (Å²) < 4.78 is 29.8. The van der Waals surface area contributed by atoms with Crippen LogP contribution in [0.1, 0.15) is 0 Å². The Morgan fingerprint density at radius 1 is 1.71 bits per heavy atom. The minimum atomic E-state index is -4.41. The molecule has 0 atom stereocenters. The summed E-state index contributed by atoms with van der Waals surface area (Å²) in [6.45, 7) is 0. The Kier molecular flexibility index (Phi) is 2.12. The van der Waals surface area contributed by atoms with Gasteiger partial charge in [0.1, 0.15) is 0 Å². The van der Waals surface area contributed by atoms with E-state index in [4.69, 9.17) is 4.55 Å². The van der Waals surface area contributed by atoms with E-state index in [1.165, 1.54) is 5.59 Å². The average Bonchev–Trinajstić information content (AvgIpc) is 1.30. The van der Waals surface area contributed by atoms with E-state index in [9.17, 15) is 8.42 Å². The maximum Gasteiger partial charge on any atom is 0.414 e. The van der Waals surface area contributed by atoms with Crippen molar-refractivity contribution in [2.24, 2.45) is 5.84 Å². The lowest BCUT2D eigenvalue weighted by Crippen LogP contribution is -2.25. The van der Waals surface area contributed by atoms with Gasteiger partial charge < -0.3 is 0 Å². The molecular weight excluding hydrogens is 124 g/mol. The van der Waals surface area contributed by atoms with E-state index in [0.29, 0.717) is 0 Å². The van der Waals surface area contributed by atoms with Crippen LogP contribution in [-0.2, 0) is 14.7 Å². The highest BCUT2D eigenvalue weighted by Crippen LogP contribution is 1.74. The molecule has 7 heavy (non-hydrogen) atoms. The van der Waals surface area contributed by atoms with Crippen molar-refractivity contribution < 1.29 is 17.3 Å². The van der Waals surface area contributed by atoms with Crippen LogP contribution in [0.25, 0.3) is 0 Å². The van der Waals surface area contributed by atoms with Crippen molar-refractivity contribution >= 4 is 10.4 Å². The van der Waals surface area contributed by atoms with E-state index >= 15 is 0 Å². The standard InChI is InChI=1S/H4N2O4S/c1-2-6-7(3,4)5/h2H,1H2,(H,3,4,5). The fourth-order valence-electron chi connectivity index (χ4n) is 0.0608. The van der Waals surface area contributed by atoms with E-state index in [2.05, 4.69) is 10.1 Å². The highest BCUT2D eigenvalue weighted by atomic mass is 32.3. The summed E-state index contributed by atoms with van der Waals surface area (Å²) in [7, 11) is -4.41. The zero-order chi connectivity index (χ0) is 5.91. The topological polar surface area (TPSA) is 102 Å². The second kappa shape index (κ2) is 2.19. The third-order valence-electron chi connectivity index (χ3n) is 0.153. The van der Waals surface area contributed by atoms with Crippen molar-refractivity contribution in [3.8, 4) is 0 Å². The first-order chi connectivity index (χ1) is 3.06. The molecule has 0 aliphatic rings. The second-order valence-corrected chi connectivity index (χ2v) is 1.65. The van der Waals surface area contributed by atoms with Gasteiger partial charge in [0.2, 0.25) is 0 Å². The number of nitrogens with one attached hydrogen (secondary N) is 1. The van der Waals surface area contributed by atoms with Gasteiger partial charge >= 0.3 is 10.4 Å². The predicted molar refractivity (Wildman–Crippen MR) is 20.0 cm³/mol. The van der Waals surface area contributed by atoms with Crippen LogP contribution in [0.4, 0.5) is 0 Å². The van der Waals surface area contributed by atoms with Crippen molar-refractivity contribution in [3.05, 3.63) is 0 Å². The number of hydrogen-bond acceptors (Lipinski definition) is 5. The molecule has 0 aromatic carbocycles. The van der Waals surface area contributed by atoms with Crippen LogP contribution in [0.15, 0.2) is 0 Å². The molecule has 0 spiro atoms. The van der Waals surface area contributed by atoms with Crippen LogP contribution in [-0.4, -0.2) is 13.0 Å². The van der Waals surface area contributed by atoms with Gasteiger partial charge in [-0.2, -0.15) is 8.42 Å². The molecule has 0 aromatic heterocycles. The smallest absolute Gasteiger partial charge is 0.262 e. The molecule has 44 valence electrons. The summed E-state index contributed by atoms with van der Waals surface area (Å²) in [5, 5.41) is 0. The summed E-state index contributed by atoms with van der Waals surface area (Å²) in [6, 6.07) is 0. The van der Waals surface area contributed by atoms with Gasteiger partial charge in [0.15, 0.2) is 0 Å². The van der Waals surface area contributed by atoms with Crippen LogP contribution >= 0.6 is 0 Å². The highest BCUT2D eigenvalue weighted by molar-refractivity contribution is 7.80. The minimum Gasteiger partial charge on any atom is -0.262 e. The SMILES string of the molecule is NNOS(=O)(=O)O. The Hall–Kier alpha value is -0.210. The van der Waals surface area contributed by atoms with Gasteiger partial charge in [-0.1, -0.05) is 0 Å². The summed E-state index contributed by atoms with van der Waals surface area (Å²) >= 11 is 0. The van der Waals surface area contributed by atoms with Gasteiger partial charge in [0.25, 0.3) is 0 Å². The van der Waals surface area contributed by atoms with Gasteiger partial charge in [0, 0.05) is 0 Å². The molecule has 0 rings (SSSR count). The molecule has 6 nitrogen and oxygen atoms in total. The summed E-state index contributed by atoms with van der Waals surface area (Å²) in [4.78, 5) is 0. The lowest BCUT2D eigenvalue weighted by molar-refractivity contribution is 0.177. The second-order valence-electron chi connectivity index (χ2n) is 0.629. The third-order valence-corrected chi connectivity index (χ3v) is 0.460. The lowest BCUT2D eigenvalue weighted by atomic mass is 12.8. The predicted octanol–water partition coefficient (Wildman–Crippen LogP) is -1.82. The Bertz CT molecular complexity index is 123. The molecule has 0 radical (unpaired) electrons. The molecule has 0 bridgehead atoms. The minimum absolute atomic E-state index is 1.27. The van der Waals surface area contributed by atoms with Crippen molar-refractivity contribution in [2.45, 2.75) is 0 Å². The van der Waals surface area contributed by atoms with Gasteiger partial charge in [-0.25, -0.2) is 5.84 Å². The van der Waals surface area contributed by atoms with E-state index in [1.54, 1.807) is 0 Å². The molecular formula is H4N2O4S. The van der Waals surface area contributed by atoms with Crippen molar-refractivity contribution in [1.82, 2.24) is 5.59 Å². The van der Waals surface area contributed by atoms with Crippen molar-refractivity contribution in [3.63, 3.8) is 0 Å². The quantitative estimate of drug-likeness (QED) is 0.230. The fourth-order valence-corrected chi connectivity index (χ4v) is 0.182. The van der Waals surface area contributed by atoms with Gasteiger partial charge in [-0.3, -0.25) is 4.55 Å². The normalized spacial score (nSPS) is 11.7. The number of rotatable bonds is 2. The molecule has 0 aliphatic carbocycles. The van der Waals surface area contributed by atoms with E-state index in [1.807, 2.05) is 0 Å². The largest absolute Gasteiger partial charge is 0.414 e. The van der Waals surface area contributed by atoms with Crippen molar-refractivity contribution in [2.75, 3.05) is 0 Å². The first-order valence-corrected chi connectivity index (χ1v) is 2.54. The fraction of sp³-hybridized carbons (Fsp3) is 0. The molecule has 0 saturated carbocycles. The molecule has 0 heterocycles. The van der Waals surface area contributed by atoms with E-state index < -0.39 is 10.4 Å². The Morgan fingerprint density at radius 2 is 2.14 bits per heavy atom. The average molecular weight is 128 g/mol. The lowest BCUT2D eigenvalue weighted by Gasteiger charge is -1.89. The van der Waals surface area contributed by atoms with Crippen LogP contribution in [0.3, 0.4) is 0 Å². The van der Waals surface area contributed by atoms with Gasteiger partial charge in [-0.15, -0.1) is 9.87 Å². The Balaban J connectivity index is 3.60. The van der Waals surface area contributed by atoms with Crippen LogP contribution in [0, 0.1) is 0 Å². The van der Waals surface area contributed by atoms with Gasteiger partial charge in [-0.05, 0) is 0 Å². The number of hydrogen-bond donors (Lipinski definition) is 3. The molecule has 0 fully saturated rings. The zero-order valence-electron chi connectivity index (χ0n) is 3.16. The first kappa shape index (κ1) is 6.79. The van der Waals surface area contributed by atoms with Crippen LogP contribution in [0.5, 0.6) is 0 Å². The molecule has 4 N–H and O–H groups in total. The summed E-state index contributed by atoms with van der Waals surface area (Å²) in [5.41, 5.74) is 1.27. The van der Waals surface area contributed by atoms with Crippen LogP contribution in [0.2, 0.25) is 0 Å². The molecule has 0 unspecified atom stereocenters. The Labute approximate surface area is 40.1 Å². The molecule has 0 amide bonds. The first-order valence-electron chi connectivity index (χ1n) is 1.18. The maximum atomic E-state index is 9.42. The van der Waals surface area contributed by atoms with Crippen LogP contribution < -0.4 is 11.4 Å².